The molecule has 0 fully saturated rings. The van der Waals surface area contributed by atoms with Gasteiger partial charge in [0, 0.05) is 0 Å². The van der Waals surface area contributed by atoms with Crippen LogP contribution in [-0.4, -0.2) is 17.2 Å². The van der Waals surface area contributed by atoms with Gasteiger partial charge in [0.25, 0.3) is 0 Å². The molecule has 0 radical (unpaired) electrons. The van der Waals surface area contributed by atoms with E-state index in [0.717, 1.165) is 29.6 Å². The average Bonchev–Trinajstić information content (AvgIpc) is 2.88. The SMILES string of the molecule is C#C/C=C\C=C/CCCC[PH](c1ccccc1)(c1ccccc1)c1ccc(OCCI)cc1. The summed E-state index contributed by atoms with van der Waals surface area (Å²) in [5, 5.41) is 4.36. The molecule has 1 nitrogen and oxygen atoms in total. The zero-order chi connectivity index (χ0) is 23.2. The fraction of sp³-hybridized carbons (Fsp3) is 0.200. The van der Waals surface area contributed by atoms with Crippen LogP contribution >= 0.6 is 29.9 Å². The molecule has 170 valence electrons. The zero-order valence-corrected chi connectivity index (χ0v) is 22.2. The predicted molar refractivity (Wildman–Crippen MR) is 157 cm³/mol. The van der Waals surface area contributed by atoms with Crippen molar-refractivity contribution in [3.8, 4) is 18.1 Å². The van der Waals surface area contributed by atoms with Gasteiger partial charge in [0.2, 0.25) is 0 Å². The summed E-state index contributed by atoms with van der Waals surface area (Å²) in [5.74, 6) is 3.47. The summed E-state index contributed by atoms with van der Waals surface area (Å²) in [6.07, 6.45) is 17.7. The van der Waals surface area contributed by atoms with Crippen molar-refractivity contribution in [3.05, 3.63) is 109 Å². The van der Waals surface area contributed by atoms with Crippen LogP contribution in [0, 0.1) is 12.3 Å². The topological polar surface area (TPSA) is 9.23 Å². The Bertz CT molecular complexity index is 1010. The number of unbranched alkanes of at least 4 members (excludes halogenated alkanes) is 2. The van der Waals surface area contributed by atoms with Crippen molar-refractivity contribution in [2.24, 2.45) is 0 Å². The Kier molecular flexibility index (Phi) is 10.8. The number of halogens is 1. The third kappa shape index (κ3) is 7.07. The molecule has 33 heavy (non-hydrogen) atoms. The van der Waals surface area contributed by atoms with E-state index in [1.165, 1.54) is 28.5 Å². The minimum atomic E-state index is -2.18. The summed E-state index contributed by atoms with van der Waals surface area (Å²) >= 11 is 2.34. The second kappa shape index (κ2) is 14.0. The molecule has 0 bridgehead atoms. The molecule has 0 aromatic heterocycles. The van der Waals surface area contributed by atoms with Gasteiger partial charge in [-0.25, -0.2) is 0 Å². The molecule has 3 aromatic rings. The van der Waals surface area contributed by atoms with Crippen LogP contribution in [-0.2, 0) is 0 Å². The Morgan fingerprint density at radius 1 is 0.788 bits per heavy atom. The van der Waals surface area contributed by atoms with Gasteiger partial charge in [-0.3, -0.25) is 0 Å². The summed E-state index contributed by atoms with van der Waals surface area (Å²) in [5.41, 5.74) is 0. The van der Waals surface area contributed by atoms with Crippen LogP contribution in [0.3, 0.4) is 0 Å². The van der Waals surface area contributed by atoms with Gasteiger partial charge in [-0.2, -0.15) is 0 Å². The molecular formula is C30H32IOP. The Hall–Kier alpha value is -2.34. The third-order valence-electron chi connectivity index (χ3n) is 5.84. The van der Waals surface area contributed by atoms with Gasteiger partial charge in [-0.05, 0) is 0 Å². The summed E-state index contributed by atoms with van der Waals surface area (Å²) in [4.78, 5) is 0. The molecule has 0 amide bonds. The van der Waals surface area contributed by atoms with E-state index in [0.29, 0.717) is 0 Å². The van der Waals surface area contributed by atoms with Crippen LogP contribution in [0.2, 0.25) is 0 Å². The van der Waals surface area contributed by atoms with Gasteiger partial charge in [0.05, 0.1) is 0 Å². The molecule has 0 saturated carbocycles. The van der Waals surface area contributed by atoms with Gasteiger partial charge in [0.15, 0.2) is 0 Å². The molecule has 3 rings (SSSR count). The van der Waals surface area contributed by atoms with E-state index in [9.17, 15) is 0 Å². The molecule has 0 heterocycles. The number of alkyl halides is 1. The van der Waals surface area contributed by atoms with Gasteiger partial charge < -0.3 is 0 Å². The van der Waals surface area contributed by atoms with E-state index >= 15 is 0 Å². The molecule has 0 aliphatic heterocycles. The summed E-state index contributed by atoms with van der Waals surface area (Å²) in [6, 6.07) is 31.1. The maximum atomic E-state index is 5.87. The van der Waals surface area contributed by atoms with Crippen LogP contribution in [0.5, 0.6) is 5.75 Å². The van der Waals surface area contributed by atoms with Crippen molar-refractivity contribution in [3.63, 3.8) is 0 Å². The fourth-order valence-corrected chi connectivity index (χ4v) is 9.43. The Morgan fingerprint density at radius 3 is 1.97 bits per heavy atom. The van der Waals surface area contributed by atoms with Crippen molar-refractivity contribution in [1.82, 2.24) is 0 Å². The van der Waals surface area contributed by atoms with Crippen molar-refractivity contribution in [1.29, 1.82) is 0 Å². The van der Waals surface area contributed by atoms with E-state index < -0.39 is 7.26 Å². The predicted octanol–water partition coefficient (Wildman–Crippen LogP) is 6.44. The van der Waals surface area contributed by atoms with E-state index in [1.807, 2.05) is 12.2 Å². The molecule has 3 aromatic carbocycles. The standard InChI is InChI=1S/C30H32IOP/c1-2-3-4-5-6-7-8-15-26-33(28-16-11-9-12-17-28,29-18-13-10-14-19-29)30-22-20-27(21-23-30)32-25-24-31/h1,3-6,9-14,16-23,33H,7-8,15,24-26H2/b4-3-,6-5-. The average molecular weight is 566 g/mol. The van der Waals surface area contributed by atoms with Crippen LogP contribution in [0.1, 0.15) is 19.3 Å². The minimum absolute atomic E-state index is 0.740. The van der Waals surface area contributed by atoms with Crippen LogP contribution in [0.25, 0.3) is 0 Å². The number of allylic oxidation sites excluding steroid dienone is 4. The van der Waals surface area contributed by atoms with Gasteiger partial charge >= 0.3 is 214 Å². The second-order valence-electron chi connectivity index (χ2n) is 7.90. The number of benzene rings is 3. The number of rotatable bonds is 12. The quantitative estimate of drug-likeness (QED) is 0.0613. The first kappa shape index (κ1) is 25.3. The molecule has 0 unspecified atom stereocenters. The number of terminal acetylenes is 1. The van der Waals surface area contributed by atoms with Gasteiger partial charge in [-0.1, -0.05) is 0 Å². The molecule has 0 N–H and O–H groups in total. The number of hydrogen-bond donors (Lipinski definition) is 0. The van der Waals surface area contributed by atoms with Gasteiger partial charge in [-0.15, -0.1) is 0 Å². The molecular weight excluding hydrogens is 534 g/mol. The monoisotopic (exact) mass is 566 g/mol. The molecule has 0 saturated heterocycles. The molecule has 0 spiro atoms. The number of ether oxygens (including phenoxy) is 1. The summed E-state index contributed by atoms with van der Waals surface area (Å²) in [7, 11) is -2.18. The van der Waals surface area contributed by atoms with Crippen molar-refractivity contribution < 1.29 is 4.74 Å². The van der Waals surface area contributed by atoms with E-state index in [2.05, 4.69) is 120 Å². The van der Waals surface area contributed by atoms with Crippen molar-refractivity contribution >= 4 is 45.8 Å². The van der Waals surface area contributed by atoms with Crippen molar-refractivity contribution in [2.45, 2.75) is 19.3 Å². The molecule has 0 aliphatic carbocycles. The van der Waals surface area contributed by atoms with E-state index in [4.69, 9.17) is 11.2 Å². The first-order chi connectivity index (χ1) is 16.3. The number of hydrogen-bond acceptors (Lipinski definition) is 1. The zero-order valence-electron chi connectivity index (χ0n) is 19.0. The Labute approximate surface area is 213 Å². The fourth-order valence-electron chi connectivity index (χ4n) is 4.31. The van der Waals surface area contributed by atoms with E-state index in [-0.39, 0.29) is 0 Å². The van der Waals surface area contributed by atoms with Crippen molar-refractivity contribution in [2.75, 3.05) is 17.2 Å². The molecule has 0 aliphatic rings. The first-order valence-corrected chi connectivity index (χ1v) is 15.2. The van der Waals surface area contributed by atoms with E-state index in [1.54, 1.807) is 6.08 Å². The normalized spacial score (nSPS) is 12.1. The third-order valence-corrected chi connectivity index (χ3v) is 11.3. The maximum absolute atomic E-state index is 5.87. The molecule has 0 atom stereocenters. The first-order valence-electron chi connectivity index (χ1n) is 11.5. The summed E-state index contributed by atoms with van der Waals surface area (Å²) in [6.45, 7) is 0.740. The Balaban J connectivity index is 1.94. The molecule has 3 heteroatoms. The Morgan fingerprint density at radius 2 is 1.39 bits per heavy atom. The second-order valence-corrected chi connectivity index (χ2v) is 13.0. The van der Waals surface area contributed by atoms with Crippen LogP contribution in [0.4, 0.5) is 0 Å². The summed E-state index contributed by atoms with van der Waals surface area (Å²) < 4.78 is 6.86. The van der Waals surface area contributed by atoms with Crippen LogP contribution in [0.15, 0.2) is 109 Å². The van der Waals surface area contributed by atoms with Crippen LogP contribution < -0.4 is 20.7 Å². The van der Waals surface area contributed by atoms with Gasteiger partial charge in [0.1, 0.15) is 0 Å².